The quantitative estimate of drug-likeness (QED) is 0.796. The first-order valence-electron chi connectivity index (χ1n) is 6.65. The lowest BCUT2D eigenvalue weighted by atomic mass is 10.1. The van der Waals surface area contributed by atoms with Crippen molar-refractivity contribution < 1.29 is 9.32 Å². The van der Waals surface area contributed by atoms with Crippen LogP contribution >= 0.6 is 0 Å². The van der Waals surface area contributed by atoms with Crippen LogP contribution in [0.25, 0.3) is 11.0 Å². The minimum absolute atomic E-state index is 0.0620. The van der Waals surface area contributed by atoms with E-state index in [-0.39, 0.29) is 12.3 Å². The van der Waals surface area contributed by atoms with E-state index < -0.39 is 0 Å². The Labute approximate surface area is 126 Å². The molecule has 0 aliphatic carbocycles. The van der Waals surface area contributed by atoms with Gasteiger partial charge >= 0.3 is 0 Å². The second-order valence-corrected chi connectivity index (χ2v) is 5.00. The predicted molar refractivity (Wildman–Crippen MR) is 79.0 cm³/mol. The second-order valence-electron chi connectivity index (χ2n) is 5.00. The molecule has 3 aromatic rings. The SMILES string of the molecule is Cc1ccc2onc(CC(=O)Nc3c(C#N)cnn3C)c2c1. The van der Waals surface area contributed by atoms with Crippen molar-refractivity contribution in [1.29, 1.82) is 5.26 Å². The highest BCUT2D eigenvalue weighted by Crippen LogP contribution is 2.21. The first-order valence-corrected chi connectivity index (χ1v) is 6.65. The highest BCUT2D eigenvalue weighted by atomic mass is 16.5. The number of nitriles is 1. The molecule has 0 aliphatic rings. The molecule has 7 heteroatoms. The van der Waals surface area contributed by atoms with Crippen LogP contribution in [0.15, 0.2) is 28.9 Å². The third-order valence-electron chi connectivity index (χ3n) is 3.35. The van der Waals surface area contributed by atoms with Gasteiger partial charge < -0.3 is 9.84 Å². The van der Waals surface area contributed by atoms with E-state index in [0.717, 1.165) is 10.9 Å². The van der Waals surface area contributed by atoms with Crippen LogP contribution in [0.3, 0.4) is 0 Å². The number of aryl methyl sites for hydroxylation is 2. The zero-order valence-corrected chi connectivity index (χ0v) is 12.1. The molecule has 0 bridgehead atoms. The number of rotatable bonds is 3. The smallest absolute Gasteiger partial charge is 0.231 e. The molecule has 0 spiro atoms. The molecule has 110 valence electrons. The molecule has 0 atom stereocenters. The molecule has 0 unspecified atom stereocenters. The summed E-state index contributed by atoms with van der Waals surface area (Å²) in [6.07, 6.45) is 1.47. The molecule has 3 rings (SSSR count). The normalized spacial score (nSPS) is 10.6. The Kier molecular flexibility index (Phi) is 3.35. The van der Waals surface area contributed by atoms with Crippen LogP contribution in [-0.4, -0.2) is 20.8 Å². The summed E-state index contributed by atoms with van der Waals surface area (Å²) in [6.45, 7) is 1.96. The number of benzene rings is 1. The van der Waals surface area contributed by atoms with Crippen molar-refractivity contribution in [3.8, 4) is 6.07 Å². The Bertz CT molecular complexity index is 900. The minimum Gasteiger partial charge on any atom is -0.356 e. The lowest BCUT2D eigenvalue weighted by molar-refractivity contribution is -0.115. The van der Waals surface area contributed by atoms with Crippen molar-refractivity contribution in [3.05, 3.63) is 41.2 Å². The van der Waals surface area contributed by atoms with Crippen LogP contribution in [0.2, 0.25) is 0 Å². The van der Waals surface area contributed by atoms with Crippen molar-refractivity contribution in [3.63, 3.8) is 0 Å². The van der Waals surface area contributed by atoms with Crippen LogP contribution in [0.4, 0.5) is 5.82 Å². The number of nitrogens with zero attached hydrogens (tertiary/aromatic N) is 4. The van der Waals surface area contributed by atoms with Gasteiger partial charge in [0.1, 0.15) is 23.1 Å². The largest absolute Gasteiger partial charge is 0.356 e. The predicted octanol–water partition coefficient (Wildman–Crippen LogP) is 1.92. The number of nitrogens with one attached hydrogen (secondary N) is 1. The Balaban J connectivity index is 1.83. The molecule has 0 radical (unpaired) electrons. The first kappa shape index (κ1) is 13.8. The number of carbonyl (C=O) groups excluding carboxylic acids is 1. The Morgan fingerprint density at radius 1 is 1.50 bits per heavy atom. The molecule has 0 fully saturated rings. The molecule has 7 nitrogen and oxygen atoms in total. The molecule has 0 aliphatic heterocycles. The molecule has 22 heavy (non-hydrogen) atoms. The maximum Gasteiger partial charge on any atom is 0.231 e. The molecular weight excluding hydrogens is 282 g/mol. The van der Waals surface area contributed by atoms with Crippen molar-refractivity contribution in [2.45, 2.75) is 13.3 Å². The number of hydrogen-bond acceptors (Lipinski definition) is 5. The summed E-state index contributed by atoms with van der Waals surface area (Å²) in [5.74, 6) is 0.0910. The van der Waals surface area contributed by atoms with Crippen molar-refractivity contribution in [2.75, 3.05) is 5.32 Å². The zero-order valence-electron chi connectivity index (χ0n) is 12.1. The number of carbonyl (C=O) groups is 1. The van der Waals surface area contributed by atoms with Gasteiger partial charge in [0.05, 0.1) is 12.6 Å². The summed E-state index contributed by atoms with van der Waals surface area (Å²) >= 11 is 0. The van der Waals surface area contributed by atoms with Gasteiger partial charge in [-0.15, -0.1) is 0 Å². The van der Waals surface area contributed by atoms with Gasteiger partial charge in [-0.2, -0.15) is 10.4 Å². The summed E-state index contributed by atoms with van der Waals surface area (Å²) in [6, 6.07) is 7.67. The van der Waals surface area contributed by atoms with E-state index in [1.165, 1.54) is 10.9 Å². The van der Waals surface area contributed by atoms with Gasteiger partial charge in [-0.1, -0.05) is 16.8 Å². The van der Waals surface area contributed by atoms with Gasteiger partial charge in [0.15, 0.2) is 5.58 Å². The molecule has 1 N–H and O–H groups in total. The fourth-order valence-electron chi connectivity index (χ4n) is 2.23. The van der Waals surface area contributed by atoms with Crippen LogP contribution in [-0.2, 0) is 18.3 Å². The zero-order chi connectivity index (χ0) is 15.7. The third kappa shape index (κ3) is 2.42. The Hall–Kier alpha value is -3.14. The second kappa shape index (κ2) is 5.33. The van der Waals surface area contributed by atoms with Gasteiger partial charge in [0.25, 0.3) is 0 Å². The van der Waals surface area contributed by atoms with Crippen LogP contribution in [0, 0.1) is 18.3 Å². The van der Waals surface area contributed by atoms with Gasteiger partial charge in [-0.3, -0.25) is 9.48 Å². The van der Waals surface area contributed by atoms with Gasteiger partial charge in [-0.05, 0) is 19.1 Å². The lowest BCUT2D eigenvalue weighted by Gasteiger charge is -2.04. The number of fused-ring (bicyclic) bond motifs is 1. The summed E-state index contributed by atoms with van der Waals surface area (Å²) in [4.78, 5) is 12.2. The topological polar surface area (TPSA) is 96.7 Å². The van der Waals surface area contributed by atoms with E-state index in [2.05, 4.69) is 15.6 Å². The standard InChI is InChI=1S/C15H13N5O2/c1-9-3-4-13-11(5-9)12(19-22-13)6-14(21)18-15-10(7-16)8-17-20(15)2/h3-5,8H,6H2,1-2H3,(H,18,21). The van der Waals surface area contributed by atoms with Gasteiger partial charge in [0, 0.05) is 12.4 Å². The van der Waals surface area contributed by atoms with Gasteiger partial charge in [-0.25, -0.2) is 0 Å². The lowest BCUT2D eigenvalue weighted by Crippen LogP contribution is -2.17. The number of aromatic nitrogens is 3. The maximum atomic E-state index is 12.2. The Morgan fingerprint density at radius 3 is 3.09 bits per heavy atom. The highest BCUT2D eigenvalue weighted by molar-refractivity contribution is 5.95. The molecular formula is C15H13N5O2. The van der Waals surface area contributed by atoms with Crippen molar-refractivity contribution in [1.82, 2.24) is 14.9 Å². The van der Waals surface area contributed by atoms with E-state index in [1.54, 1.807) is 7.05 Å². The summed E-state index contributed by atoms with van der Waals surface area (Å²) in [7, 11) is 1.66. The van der Waals surface area contributed by atoms with Crippen LogP contribution in [0.1, 0.15) is 16.8 Å². The number of hydrogen-bond donors (Lipinski definition) is 1. The van der Waals surface area contributed by atoms with E-state index in [4.69, 9.17) is 9.78 Å². The molecule has 1 amide bonds. The monoisotopic (exact) mass is 295 g/mol. The minimum atomic E-state index is -0.281. The fourth-order valence-corrected chi connectivity index (χ4v) is 2.23. The summed E-state index contributed by atoms with van der Waals surface area (Å²) in [5, 5.41) is 20.4. The Morgan fingerprint density at radius 2 is 2.32 bits per heavy atom. The molecule has 2 heterocycles. The fraction of sp³-hybridized carbons (Fsp3) is 0.200. The first-order chi connectivity index (χ1) is 10.6. The summed E-state index contributed by atoms with van der Waals surface area (Å²) < 4.78 is 6.65. The highest BCUT2D eigenvalue weighted by Gasteiger charge is 2.16. The molecule has 0 saturated carbocycles. The van der Waals surface area contributed by atoms with E-state index in [9.17, 15) is 4.79 Å². The van der Waals surface area contributed by atoms with E-state index in [1.807, 2.05) is 31.2 Å². The average Bonchev–Trinajstić information content (AvgIpc) is 3.04. The maximum absolute atomic E-state index is 12.2. The van der Waals surface area contributed by atoms with Crippen LogP contribution in [0.5, 0.6) is 0 Å². The van der Waals surface area contributed by atoms with E-state index in [0.29, 0.717) is 22.7 Å². The summed E-state index contributed by atoms with van der Waals surface area (Å²) in [5.41, 5.74) is 2.59. The van der Waals surface area contributed by atoms with E-state index >= 15 is 0 Å². The average molecular weight is 295 g/mol. The number of anilines is 1. The molecule has 2 aromatic heterocycles. The molecule has 1 aromatic carbocycles. The third-order valence-corrected chi connectivity index (χ3v) is 3.35. The van der Waals surface area contributed by atoms with Gasteiger partial charge in [0.2, 0.25) is 5.91 Å². The number of amides is 1. The molecule has 0 saturated heterocycles. The van der Waals surface area contributed by atoms with Crippen molar-refractivity contribution in [2.24, 2.45) is 7.05 Å². The van der Waals surface area contributed by atoms with Crippen molar-refractivity contribution >= 4 is 22.7 Å². The van der Waals surface area contributed by atoms with Crippen LogP contribution < -0.4 is 5.32 Å².